The Morgan fingerprint density at radius 3 is 2.16 bits per heavy atom. The molecule has 0 unspecified atom stereocenters. The Hall–Kier alpha value is -5.05. The van der Waals surface area contributed by atoms with E-state index in [1.807, 2.05) is 85.2 Å². The average Bonchev–Trinajstić information content (AvgIpc) is 3.88. The summed E-state index contributed by atoms with van der Waals surface area (Å²) in [4.78, 5) is 49.3. The normalized spacial score (nSPS) is 16.2. The van der Waals surface area contributed by atoms with Gasteiger partial charge >= 0.3 is 5.97 Å². The maximum absolute atomic E-state index is 13.7. The molecule has 2 aliphatic rings. The molecule has 2 N–H and O–H groups in total. The predicted octanol–water partition coefficient (Wildman–Crippen LogP) is 7.31. The van der Waals surface area contributed by atoms with Crippen LogP contribution in [0.1, 0.15) is 85.7 Å². The SMILES string of the molecule is CCCCCCCOc1ccc(-c2cnc(-c3ccc(C[C@H](NC(=O)c4ccc(C5CC5)cc4)C(=O)N4CC[C@H](C(=O)O)C4)cc3)nc2)cc1. The predicted molar refractivity (Wildman–Crippen MR) is 193 cm³/mol. The van der Waals surface area contributed by atoms with Crippen molar-refractivity contribution >= 4 is 17.8 Å². The largest absolute Gasteiger partial charge is 0.494 e. The Bertz CT molecular complexity index is 1740. The molecule has 3 aromatic carbocycles. The second-order valence-electron chi connectivity index (χ2n) is 13.5. The summed E-state index contributed by atoms with van der Waals surface area (Å²) in [6.45, 7) is 3.43. The van der Waals surface area contributed by atoms with E-state index in [2.05, 4.69) is 22.2 Å². The molecule has 260 valence electrons. The van der Waals surface area contributed by atoms with Crippen molar-refractivity contribution in [1.82, 2.24) is 20.2 Å². The van der Waals surface area contributed by atoms with Crippen molar-refractivity contribution < 1.29 is 24.2 Å². The highest BCUT2D eigenvalue weighted by molar-refractivity contribution is 5.97. The summed E-state index contributed by atoms with van der Waals surface area (Å²) in [5, 5.41) is 12.4. The number of nitrogens with one attached hydrogen (secondary N) is 1. The third kappa shape index (κ3) is 9.14. The van der Waals surface area contributed by atoms with E-state index in [4.69, 9.17) is 4.74 Å². The molecule has 2 atom stereocenters. The van der Waals surface area contributed by atoms with Crippen LogP contribution in [0, 0.1) is 5.92 Å². The summed E-state index contributed by atoms with van der Waals surface area (Å²) in [6.07, 6.45) is 12.7. The van der Waals surface area contributed by atoms with Crippen LogP contribution in [0.2, 0.25) is 0 Å². The first-order chi connectivity index (χ1) is 24.4. The summed E-state index contributed by atoms with van der Waals surface area (Å²) in [7, 11) is 0. The third-order valence-corrected chi connectivity index (χ3v) is 9.68. The van der Waals surface area contributed by atoms with Crippen LogP contribution in [0.25, 0.3) is 22.5 Å². The van der Waals surface area contributed by atoms with Gasteiger partial charge in [0.2, 0.25) is 5.91 Å². The Labute approximate surface area is 294 Å². The molecule has 2 heterocycles. The van der Waals surface area contributed by atoms with Crippen molar-refractivity contribution in [3.05, 3.63) is 102 Å². The highest BCUT2D eigenvalue weighted by Gasteiger charge is 2.35. The summed E-state index contributed by atoms with van der Waals surface area (Å²) in [5.41, 5.74) is 5.31. The number of benzene rings is 3. The number of carbonyl (C=O) groups is 3. The van der Waals surface area contributed by atoms with Gasteiger partial charge in [-0.1, -0.05) is 81.1 Å². The van der Waals surface area contributed by atoms with Gasteiger partial charge in [0.05, 0.1) is 12.5 Å². The van der Waals surface area contributed by atoms with Crippen molar-refractivity contribution in [3.63, 3.8) is 0 Å². The molecular weight excluding hydrogens is 628 g/mol. The second kappa shape index (κ2) is 16.6. The number of likely N-dealkylation sites (tertiary alicyclic amines) is 1. The van der Waals surface area contributed by atoms with Crippen molar-refractivity contribution in [2.75, 3.05) is 19.7 Å². The molecular formula is C41H46N4O5. The maximum atomic E-state index is 13.7. The fourth-order valence-corrected chi connectivity index (χ4v) is 6.44. The highest BCUT2D eigenvalue weighted by Crippen LogP contribution is 2.40. The molecule has 9 heteroatoms. The fourth-order valence-electron chi connectivity index (χ4n) is 6.44. The number of aromatic nitrogens is 2. The fraction of sp³-hybridized carbons (Fsp3) is 0.390. The van der Waals surface area contributed by atoms with Gasteiger partial charge < -0.3 is 20.1 Å². The number of carboxylic acid groups (broad SMARTS) is 1. The van der Waals surface area contributed by atoms with Crippen LogP contribution in [-0.2, 0) is 16.0 Å². The van der Waals surface area contributed by atoms with Crippen molar-refractivity contribution in [1.29, 1.82) is 0 Å². The molecule has 2 amide bonds. The topological polar surface area (TPSA) is 122 Å². The van der Waals surface area contributed by atoms with E-state index in [1.165, 1.54) is 44.1 Å². The number of ether oxygens (including phenoxy) is 1. The van der Waals surface area contributed by atoms with Crippen LogP contribution in [-0.4, -0.2) is 63.5 Å². The van der Waals surface area contributed by atoms with Gasteiger partial charge in [-0.15, -0.1) is 0 Å². The number of carbonyl (C=O) groups excluding carboxylic acids is 2. The molecule has 0 radical (unpaired) electrons. The minimum Gasteiger partial charge on any atom is -0.494 e. The summed E-state index contributed by atoms with van der Waals surface area (Å²) in [5.74, 6) is -0.0923. The number of unbranched alkanes of at least 4 members (excludes halogenated alkanes) is 4. The molecule has 50 heavy (non-hydrogen) atoms. The van der Waals surface area contributed by atoms with Gasteiger partial charge in [-0.3, -0.25) is 14.4 Å². The van der Waals surface area contributed by atoms with E-state index in [-0.39, 0.29) is 24.8 Å². The third-order valence-electron chi connectivity index (χ3n) is 9.68. The molecule has 1 aromatic heterocycles. The van der Waals surface area contributed by atoms with Crippen LogP contribution in [0.5, 0.6) is 5.75 Å². The van der Waals surface area contributed by atoms with Gasteiger partial charge in [0.1, 0.15) is 11.8 Å². The van der Waals surface area contributed by atoms with E-state index < -0.39 is 17.9 Å². The molecule has 0 spiro atoms. The number of hydrogen-bond acceptors (Lipinski definition) is 6. The number of aliphatic carboxylic acids is 1. The maximum Gasteiger partial charge on any atom is 0.308 e. The van der Waals surface area contributed by atoms with Gasteiger partial charge in [-0.05, 0) is 72.6 Å². The molecule has 1 aliphatic carbocycles. The zero-order chi connectivity index (χ0) is 34.9. The van der Waals surface area contributed by atoms with Gasteiger partial charge in [0.15, 0.2) is 5.82 Å². The van der Waals surface area contributed by atoms with E-state index in [0.29, 0.717) is 30.3 Å². The quantitative estimate of drug-likeness (QED) is 0.120. The number of hydrogen-bond donors (Lipinski definition) is 2. The molecule has 9 nitrogen and oxygen atoms in total. The zero-order valence-corrected chi connectivity index (χ0v) is 28.7. The van der Waals surface area contributed by atoms with E-state index in [9.17, 15) is 19.5 Å². The number of carboxylic acids is 1. The Kier molecular flexibility index (Phi) is 11.5. The zero-order valence-electron chi connectivity index (χ0n) is 28.7. The smallest absolute Gasteiger partial charge is 0.308 e. The molecule has 1 aliphatic heterocycles. The van der Waals surface area contributed by atoms with E-state index in [0.717, 1.165) is 41.0 Å². The van der Waals surface area contributed by atoms with Gasteiger partial charge in [-0.25, -0.2) is 9.97 Å². The Balaban J connectivity index is 1.08. The highest BCUT2D eigenvalue weighted by atomic mass is 16.5. The summed E-state index contributed by atoms with van der Waals surface area (Å²) >= 11 is 0. The van der Waals surface area contributed by atoms with Gasteiger partial charge in [0.25, 0.3) is 5.91 Å². The Morgan fingerprint density at radius 1 is 0.840 bits per heavy atom. The molecule has 6 rings (SSSR count). The minimum atomic E-state index is -0.909. The standard InChI is InChI=1S/C41H46N4O5/c1-2-3-4-5-6-23-50-36-19-17-31(18-20-36)35-25-42-38(43-26-35)32-9-7-28(8-10-32)24-37(40(47)45-22-21-34(27-45)41(48)49)44-39(46)33-15-13-30(14-16-33)29-11-12-29/h7-10,13-20,25-26,29,34,37H,2-6,11-12,21-24,27H2,1H3,(H,44,46)(H,48,49)/t34-,37-/m0/s1. The van der Waals surface area contributed by atoms with Crippen LogP contribution < -0.4 is 10.1 Å². The van der Waals surface area contributed by atoms with Crippen LogP contribution >= 0.6 is 0 Å². The monoisotopic (exact) mass is 674 g/mol. The van der Waals surface area contributed by atoms with E-state index in [1.54, 1.807) is 4.90 Å². The number of nitrogens with zero attached hydrogens (tertiary/aromatic N) is 3. The molecule has 4 aromatic rings. The van der Waals surface area contributed by atoms with Gasteiger partial charge in [0, 0.05) is 48.6 Å². The first kappa shape index (κ1) is 34.8. The molecule has 0 bridgehead atoms. The van der Waals surface area contributed by atoms with Crippen molar-refractivity contribution in [2.45, 2.75) is 76.7 Å². The van der Waals surface area contributed by atoms with Crippen LogP contribution in [0.3, 0.4) is 0 Å². The average molecular weight is 675 g/mol. The molecule has 2 fully saturated rings. The second-order valence-corrected chi connectivity index (χ2v) is 13.5. The van der Waals surface area contributed by atoms with Crippen molar-refractivity contribution in [2.24, 2.45) is 5.92 Å². The van der Waals surface area contributed by atoms with Crippen LogP contribution in [0.15, 0.2) is 85.2 Å². The van der Waals surface area contributed by atoms with Crippen LogP contribution in [0.4, 0.5) is 0 Å². The first-order valence-corrected chi connectivity index (χ1v) is 17.9. The summed E-state index contributed by atoms with van der Waals surface area (Å²) < 4.78 is 5.90. The lowest BCUT2D eigenvalue weighted by molar-refractivity contribution is -0.141. The summed E-state index contributed by atoms with van der Waals surface area (Å²) in [6, 6.07) is 22.4. The van der Waals surface area contributed by atoms with Gasteiger partial charge in [-0.2, -0.15) is 0 Å². The molecule has 1 saturated carbocycles. The number of rotatable bonds is 16. The lowest BCUT2D eigenvalue weighted by Gasteiger charge is -2.24. The first-order valence-electron chi connectivity index (χ1n) is 17.9. The lowest BCUT2D eigenvalue weighted by atomic mass is 10.0. The molecule has 1 saturated heterocycles. The lowest BCUT2D eigenvalue weighted by Crippen LogP contribution is -2.49. The Morgan fingerprint density at radius 2 is 1.52 bits per heavy atom. The number of amides is 2. The minimum absolute atomic E-state index is 0.139. The van der Waals surface area contributed by atoms with Crippen molar-refractivity contribution in [3.8, 4) is 28.3 Å². The van der Waals surface area contributed by atoms with E-state index >= 15 is 0 Å².